The second kappa shape index (κ2) is 8.91. The smallest absolute Gasteiger partial charge is 0.406 e. The lowest BCUT2D eigenvalue weighted by molar-refractivity contribution is -0.157. The van der Waals surface area contributed by atoms with Gasteiger partial charge in [-0.3, -0.25) is 9.59 Å². The zero-order chi connectivity index (χ0) is 17.7. The molecule has 2 amide bonds. The van der Waals surface area contributed by atoms with Crippen LogP contribution in [-0.2, 0) is 9.59 Å². The Bertz CT molecular complexity index is 596. The van der Waals surface area contributed by atoms with Crippen molar-refractivity contribution in [2.24, 2.45) is 11.7 Å². The Morgan fingerprint density at radius 3 is 2.52 bits per heavy atom. The van der Waals surface area contributed by atoms with Gasteiger partial charge in [-0.2, -0.15) is 13.2 Å². The number of amides is 2. The average Bonchev–Trinajstić information content (AvgIpc) is 2.86. The van der Waals surface area contributed by atoms with E-state index in [0.717, 1.165) is 0 Å². The Labute approximate surface area is 148 Å². The summed E-state index contributed by atoms with van der Waals surface area (Å²) in [6.45, 7) is -0.821. The number of halogens is 4. The van der Waals surface area contributed by atoms with Gasteiger partial charge in [0.05, 0.1) is 5.92 Å². The number of hydrogen-bond acceptors (Lipinski definition) is 4. The van der Waals surface area contributed by atoms with E-state index in [0.29, 0.717) is 29.5 Å². The molecule has 0 aliphatic carbocycles. The molecule has 140 valence electrons. The minimum absolute atomic E-state index is 0. The van der Waals surface area contributed by atoms with E-state index in [9.17, 15) is 22.8 Å². The molecule has 1 aliphatic rings. The van der Waals surface area contributed by atoms with Crippen LogP contribution in [0, 0.1) is 5.92 Å². The van der Waals surface area contributed by atoms with Crippen molar-refractivity contribution in [2.75, 3.05) is 31.6 Å². The van der Waals surface area contributed by atoms with E-state index in [2.05, 4.69) is 5.32 Å². The third-order valence-corrected chi connectivity index (χ3v) is 3.46. The standard InChI is InChI=1S/C15H18F3N3O3.ClH/c16-15(17,18)9-21-8-10(7-13(21)22)14(23)20-11-1-3-12(4-2-11)24-6-5-19;/h1-4,10H,5-9,19H2,(H,20,23);1H. The number of nitrogens with zero attached hydrogens (tertiary/aromatic N) is 1. The molecule has 0 radical (unpaired) electrons. The van der Waals surface area contributed by atoms with Gasteiger partial charge in [0.2, 0.25) is 11.8 Å². The predicted molar refractivity (Wildman–Crippen MR) is 87.6 cm³/mol. The van der Waals surface area contributed by atoms with Gasteiger partial charge in [0.25, 0.3) is 0 Å². The van der Waals surface area contributed by atoms with E-state index in [4.69, 9.17) is 10.5 Å². The molecule has 1 unspecified atom stereocenters. The van der Waals surface area contributed by atoms with Gasteiger partial charge in [-0.1, -0.05) is 0 Å². The van der Waals surface area contributed by atoms with Gasteiger partial charge in [0.15, 0.2) is 0 Å². The highest BCUT2D eigenvalue weighted by atomic mass is 35.5. The maximum absolute atomic E-state index is 12.4. The highest BCUT2D eigenvalue weighted by molar-refractivity contribution is 5.97. The minimum atomic E-state index is -4.47. The molecule has 6 nitrogen and oxygen atoms in total. The fourth-order valence-electron chi connectivity index (χ4n) is 2.37. The van der Waals surface area contributed by atoms with Crippen LogP contribution in [0.1, 0.15) is 6.42 Å². The molecule has 1 saturated heterocycles. The van der Waals surface area contributed by atoms with E-state index in [1.165, 1.54) is 0 Å². The number of rotatable bonds is 6. The van der Waals surface area contributed by atoms with Crippen molar-refractivity contribution in [3.63, 3.8) is 0 Å². The molecule has 1 aromatic carbocycles. The maximum Gasteiger partial charge on any atom is 0.406 e. The van der Waals surface area contributed by atoms with Crippen LogP contribution in [0.25, 0.3) is 0 Å². The Hall–Kier alpha value is -2.00. The van der Waals surface area contributed by atoms with Crippen LogP contribution in [0.2, 0.25) is 0 Å². The van der Waals surface area contributed by atoms with Crippen molar-refractivity contribution in [1.29, 1.82) is 0 Å². The van der Waals surface area contributed by atoms with Gasteiger partial charge < -0.3 is 20.7 Å². The fraction of sp³-hybridized carbons (Fsp3) is 0.467. The molecular formula is C15H19ClF3N3O3. The molecule has 1 aliphatic heterocycles. The van der Waals surface area contributed by atoms with Crippen LogP contribution in [0.4, 0.5) is 18.9 Å². The average molecular weight is 382 g/mol. The van der Waals surface area contributed by atoms with E-state index >= 15 is 0 Å². The number of carbonyl (C=O) groups is 2. The Balaban J connectivity index is 0.00000312. The lowest BCUT2D eigenvalue weighted by Gasteiger charge is -2.18. The van der Waals surface area contributed by atoms with Crippen molar-refractivity contribution in [1.82, 2.24) is 4.90 Å². The van der Waals surface area contributed by atoms with E-state index < -0.39 is 30.5 Å². The number of nitrogens with two attached hydrogens (primary N) is 1. The summed E-state index contributed by atoms with van der Waals surface area (Å²) >= 11 is 0. The van der Waals surface area contributed by atoms with Crippen molar-refractivity contribution in [3.05, 3.63) is 24.3 Å². The van der Waals surface area contributed by atoms with E-state index in [1.807, 2.05) is 0 Å². The van der Waals surface area contributed by atoms with Crippen molar-refractivity contribution in [2.45, 2.75) is 12.6 Å². The molecule has 0 aromatic heterocycles. The van der Waals surface area contributed by atoms with Crippen LogP contribution < -0.4 is 15.8 Å². The second-order valence-electron chi connectivity index (χ2n) is 5.44. The number of carbonyl (C=O) groups excluding carboxylic acids is 2. The molecule has 1 heterocycles. The fourth-order valence-corrected chi connectivity index (χ4v) is 2.37. The monoisotopic (exact) mass is 381 g/mol. The third kappa shape index (κ3) is 6.43. The first-order chi connectivity index (χ1) is 11.3. The second-order valence-corrected chi connectivity index (χ2v) is 5.44. The Morgan fingerprint density at radius 1 is 1.32 bits per heavy atom. The van der Waals surface area contributed by atoms with Crippen molar-refractivity contribution < 1.29 is 27.5 Å². The van der Waals surface area contributed by atoms with Crippen molar-refractivity contribution in [3.8, 4) is 5.75 Å². The first-order valence-electron chi connectivity index (χ1n) is 7.37. The lowest BCUT2D eigenvalue weighted by atomic mass is 10.1. The number of alkyl halides is 3. The number of hydrogen-bond donors (Lipinski definition) is 2. The van der Waals surface area contributed by atoms with Crippen LogP contribution >= 0.6 is 12.4 Å². The minimum Gasteiger partial charge on any atom is -0.492 e. The van der Waals surface area contributed by atoms with Crippen LogP contribution in [0.15, 0.2) is 24.3 Å². The van der Waals surface area contributed by atoms with Gasteiger partial charge in [0.1, 0.15) is 18.9 Å². The topological polar surface area (TPSA) is 84.7 Å². The van der Waals surface area contributed by atoms with Crippen LogP contribution in [-0.4, -0.2) is 49.1 Å². The predicted octanol–water partition coefficient (Wildman–Crippen LogP) is 1.80. The highest BCUT2D eigenvalue weighted by Crippen LogP contribution is 2.25. The maximum atomic E-state index is 12.4. The van der Waals surface area contributed by atoms with Gasteiger partial charge in [0, 0.05) is 25.2 Å². The van der Waals surface area contributed by atoms with Crippen molar-refractivity contribution >= 4 is 29.9 Å². The summed E-state index contributed by atoms with van der Waals surface area (Å²) in [5.41, 5.74) is 5.79. The molecule has 0 bridgehead atoms. The largest absolute Gasteiger partial charge is 0.492 e. The Kier molecular flexibility index (Phi) is 7.50. The molecule has 1 atom stereocenters. The number of nitrogens with one attached hydrogen (secondary N) is 1. The summed E-state index contributed by atoms with van der Waals surface area (Å²) < 4.78 is 42.4. The molecule has 10 heteroatoms. The summed E-state index contributed by atoms with van der Waals surface area (Å²) in [5.74, 6) is -1.36. The van der Waals surface area contributed by atoms with Crippen LogP contribution in [0.3, 0.4) is 0 Å². The summed E-state index contributed by atoms with van der Waals surface area (Å²) in [5, 5.41) is 2.59. The summed E-state index contributed by atoms with van der Waals surface area (Å²) in [4.78, 5) is 24.4. The molecule has 25 heavy (non-hydrogen) atoms. The molecule has 1 fully saturated rings. The van der Waals surface area contributed by atoms with Gasteiger partial charge >= 0.3 is 6.18 Å². The third-order valence-electron chi connectivity index (χ3n) is 3.46. The Morgan fingerprint density at radius 2 is 1.96 bits per heavy atom. The first-order valence-corrected chi connectivity index (χ1v) is 7.37. The molecular weight excluding hydrogens is 363 g/mol. The normalized spacial score (nSPS) is 17.2. The SMILES string of the molecule is Cl.NCCOc1ccc(NC(=O)C2CC(=O)N(CC(F)(F)F)C2)cc1. The van der Waals surface area contributed by atoms with Gasteiger partial charge in [-0.15, -0.1) is 12.4 Å². The zero-order valence-corrected chi connectivity index (χ0v) is 14.0. The van der Waals surface area contributed by atoms with E-state index in [1.54, 1.807) is 24.3 Å². The molecule has 1 aromatic rings. The van der Waals surface area contributed by atoms with Crippen LogP contribution in [0.5, 0.6) is 5.75 Å². The molecule has 0 saturated carbocycles. The molecule has 3 N–H and O–H groups in total. The number of ether oxygens (including phenoxy) is 1. The van der Waals surface area contributed by atoms with Gasteiger partial charge in [-0.25, -0.2) is 0 Å². The molecule has 0 spiro atoms. The zero-order valence-electron chi connectivity index (χ0n) is 13.2. The highest BCUT2D eigenvalue weighted by Gasteiger charge is 2.40. The summed E-state index contributed by atoms with van der Waals surface area (Å²) in [6, 6.07) is 6.49. The van der Waals surface area contributed by atoms with Gasteiger partial charge in [-0.05, 0) is 24.3 Å². The summed E-state index contributed by atoms with van der Waals surface area (Å²) in [7, 11) is 0. The first kappa shape index (κ1) is 21.0. The van der Waals surface area contributed by atoms with E-state index in [-0.39, 0.29) is 25.4 Å². The number of benzene rings is 1. The lowest BCUT2D eigenvalue weighted by Crippen LogP contribution is -2.36. The quantitative estimate of drug-likeness (QED) is 0.787. The number of likely N-dealkylation sites (tertiary alicyclic amines) is 1. The number of anilines is 1. The molecule has 2 rings (SSSR count). The summed E-state index contributed by atoms with van der Waals surface area (Å²) in [6.07, 6.45) is -4.69.